The van der Waals surface area contributed by atoms with Gasteiger partial charge in [-0.2, -0.15) is 0 Å². The van der Waals surface area contributed by atoms with Crippen LogP contribution in [0.3, 0.4) is 0 Å². The van der Waals surface area contributed by atoms with Crippen LogP contribution in [0.15, 0.2) is 0 Å². The molecule has 6 heteroatoms. The number of hydrogen-bond acceptors (Lipinski definition) is 3. The normalized spacial score (nSPS) is 22.9. The van der Waals surface area contributed by atoms with Crippen LogP contribution >= 0.6 is 0 Å². The molecule has 1 atom stereocenters. The molecule has 112 valence electrons. The van der Waals surface area contributed by atoms with Crippen molar-refractivity contribution in [2.75, 3.05) is 19.6 Å². The van der Waals surface area contributed by atoms with Crippen LogP contribution in [0.2, 0.25) is 0 Å². The van der Waals surface area contributed by atoms with Gasteiger partial charge in [-0.05, 0) is 32.1 Å². The number of likely N-dealkylation sites (tertiary alicyclic amines) is 2. The summed E-state index contributed by atoms with van der Waals surface area (Å²) in [6.07, 6.45) is 4.79. The van der Waals surface area contributed by atoms with Crippen molar-refractivity contribution in [3.8, 4) is 0 Å². The molecule has 2 amide bonds. The predicted molar refractivity (Wildman–Crippen MR) is 72.0 cm³/mol. The summed E-state index contributed by atoms with van der Waals surface area (Å²) in [6.45, 7) is 2.07. The number of carbonyl (C=O) groups excluding carboxylic acids is 2. The molecule has 0 aromatic carbocycles. The fraction of sp³-hybridized carbons (Fsp3) is 0.786. The Hall–Kier alpha value is -1.59. The van der Waals surface area contributed by atoms with Crippen molar-refractivity contribution in [1.29, 1.82) is 0 Å². The van der Waals surface area contributed by atoms with E-state index in [9.17, 15) is 14.4 Å². The lowest BCUT2D eigenvalue weighted by Gasteiger charge is -2.27. The van der Waals surface area contributed by atoms with Crippen LogP contribution in [-0.2, 0) is 14.4 Å². The van der Waals surface area contributed by atoms with E-state index in [4.69, 9.17) is 5.11 Å². The Morgan fingerprint density at radius 2 is 1.55 bits per heavy atom. The van der Waals surface area contributed by atoms with Crippen molar-refractivity contribution in [3.63, 3.8) is 0 Å². The molecule has 0 bridgehead atoms. The van der Waals surface area contributed by atoms with Gasteiger partial charge in [0, 0.05) is 32.5 Å². The standard InChI is InChI=1S/C14H22N2O4/c17-12(15-8-2-1-3-9-15)6-7-13(18)16-10-4-5-11(16)14(19)20/h11H,1-10H2,(H,19,20). The number of nitrogens with zero attached hydrogens (tertiary/aromatic N) is 2. The SMILES string of the molecule is O=C(O)C1CCCN1C(=O)CCC(=O)N1CCCCC1. The Labute approximate surface area is 118 Å². The van der Waals surface area contributed by atoms with Crippen molar-refractivity contribution in [2.24, 2.45) is 0 Å². The highest BCUT2D eigenvalue weighted by Crippen LogP contribution is 2.19. The molecule has 1 N–H and O–H groups in total. The van der Waals surface area contributed by atoms with Crippen LogP contribution in [0.5, 0.6) is 0 Å². The topological polar surface area (TPSA) is 77.9 Å². The third kappa shape index (κ3) is 3.49. The number of rotatable bonds is 4. The molecular formula is C14H22N2O4. The van der Waals surface area contributed by atoms with Gasteiger partial charge in [0.05, 0.1) is 0 Å². The maximum absolute atomic E-state index is 12.0. The van der Waals surface area contributed by atoms with Crippen LogP contribution in [0, 0.1) is 0 Å². The Bertz CT molecular complexity index is 391. The first kappa shape index (κ1) is 14.8. The van der Waals surface area contributed by atoms with Gasteiger partial charge in [0.15, 0.2) is 0 Å². The number of carbonyl (C=O) groups is 3. The van der Waals surface area contributed by atoms with Gasteiger partial charge < -0.3 is 14.9 Å². The van der Waals surface area contributed by atoms with Crippen LogP contribution in [0.4, 0.5) is 0 Å². The van der Waals surface area contributed by atoms with Gasteiger partial charge in [0.2, 0.25) is 11.8 Å². The summed E-state index contributed by atoms with van der Waals surface area (Å²) in [4.78, 5) is 38.3. The second-order valence-corrected chi connectivity index (χ2v) is 5.52. The van der Waals surface area contributed by atoms with Crippen molar-refractivity contribution in [2.45, 2.75) is 51.0 Å². The highest BCUT2D eigenvalue weighted by atomic mass is 16.4. The summed E-state index contributed by atoms with van der Waals surface area (Å²) in [7, 11) is 0. The van der Waals surface area contributed by atoms with Crippen LogP contribution in [0.1, 0.15) is 44.9 Å². The van der Waals surface area contributed by atoms with E-state index in [1.54, 1.807) is 0 Å². The molecule has 6 nitrogen and oxygen atoms in total. The number of hydrogen-bond donors (Lipinski definition) is 1. The van der Waals surface area contributed by atoms with E-state index in [1.807, 2.05) is 4.90 Å². The zero-order valence-electron chi connectivity index (χ0n) is 11.7. The van der Waals surface area contributed by atoms with E-state index in [-0.39, 0.29) is 24.7 Å². The van der Waals surface area contributed by atoms with E-state index in [0.717, 1.165) is 38.8 Å². The largest absolute Gasteiger partial charge is 0.480 e. The third-order valence-electron chi connectivity index (χ3n) is 4.12. The number of carboxylic acids is 1. The number of amides is 2. The van der Waals surface area contributed by atoms with Crippen molar-refractivity contribution in [1.82, 2.24) is 9.80 Å². The number of aliphatic carboxylic acids is 1. The smallest absolute Gasteiger partial charge is 0.326 e. The zero-order valence-corrected chi connectivity index (χ0v) is 11.7. The lowest BCUT2D eigenvalue weighted by atomic mass is 10.1. The maximum atomic E-state index is 12.0. The lowest BCUT2D eigenvalue weighted by Crippen LogP contribution is -2.41. The van der Waals surface area contributed by atoms with E-state index in [1.165, 1.54) is 4.90 Å². The fourth-order valence-electron chi connectivity index (χ4n) is 2.98. The second kappa shape index (κ2) is 6.72. The quantitative estimate of drug-likeness (QED) is 0.829. The number of piperidine rings is 1. The average molecular weight is 282 g/mol. The highest BCUT2D eigenvalue weighted by molar-refractivity contribution is 5.87. The van der Waals surface area contributed by atoms with Gasteiger partial charge in [0.25, 0.3) is 0 Å². The molecule has 0 saturated carbocycles. The van der Waals surface area contributed by atoms with E-state index in [2.05, 4.69) is 0 Å². The third-order valence-corrected chi connectivity index (χ3v) is 4.12. The van der Waals surface area contributed by atoms with Gasteiger partial charge in [-0.15, -0.1) is 0 Å². The second-order valence-electron chi connectivity index (χ2n) is 5.52. The Morgan fingerprint density at radius 3 is 2.20 bits per heavy atom. The summed E-state index contributed by atoms with van der Waals surface area (Å²) in [6, 6.07) is -0.701. The molecule has 2 heterocycles. The van der Waals surface area contributed by atoms with Gasteiger partial charge >= 0.3 is 5.97 Å². The molecule has 0 aliphatic carbocycles. The van der Waals surface area contributed by atoms with Crippen molar-refractivity contribution in [3.05, 3.63) is 0 Å². The van der Waals surface area contributed by atoms with Crippen LogP contribution in [-0.4, -0.2) is 58.4 Å². The molecular weight excluding hydrogens is 260 g/mol. The highest BCUT2D eigenvalue weighted by Gasteiger charge is 2.33. The van der Waals surface area contributed by atoms with E-state index >= 15 is 0 Å². The molecule has 0 radical (unpaired) electrons. The Balaban J connectivity index is 1.79. The molecule has 0 aromatic heterocycles. The summed E-state index contributed by atoms with van der Waals surface area (Å²) in [5.41, 5.74) is 0. The summed E-state index contributed by atoms with van der Waals surface area (Å²) in [5.74, 6) is -1.14. The first-order valence-corrected chi connectivity index (χ1v) is 7.39. The number of carboxylic acid groups (broad SMARTS) is 1. The zero-order chi connectivity index (χ0) is 14.5. The van der Waals surface area contributed by atoms with Gasteiger partial charge in [0.1, 0.15) is 6.04 Å². The average Bonchev–Trinajstić information content (AvgIpc) is 2.95. The summed E-state index contributed by atoms with van der Waals surface area (Å²) >= 11 is 0. The monoisotopic (exact) mass is 282 g/mol. The Morgan fingerprint density at radius 1 is 0.900 bits per heavy atom. The first-order chi connectivity index (χ1) is 9.59. The minimum Gasteiger partial charge on any atom is -0.480 e. The molecule has 2 aliphatic rings. The molecule has 20 heavy (non-hydrogen) atoms. The molecule has 0 spiro atoms. The predicted octanol–water partition coefficient (Wildman–Crippen LogP) is 0.855. The minimum atomic E-state index is -0.946. The lowest BCUT2D eigenvalue weighted by molar-refractivity contribution is -0.148. The van der Waals surface area contributed by atoms with E-state index < -0.39 is 12.0 Å². The fourth-order valence-corrected chi connectivity index (χ4v) is 2.98. The first-order valence-electron chi connectivity index (χ1n) is 7.39. The van der Waals surface area contributed by atoms with E-state index in [0.29, 0.717) is 13.0 Å². The Kier molecular flexibility index (Phi) is 4.98. The molecule has 2 fully saturated rings. The summed E-state index contributed by atoms with van der Waals surface area (Å²) in [5, 5.41) is 9.04. The van der Waals surface area contributed by atoms with Gasteiger partial charge in [-0.1, -0.05) is 0 Å². The van der Waals surface area contributed by atoms with Crippen LogP contribution in [0.25, 0.3) is 0 Å². The molecule has 2 rings (SSSR count). The van der Waals surface area contributed by atoms with Crippen molar-refractivity contribution >= 4 is 17.8 Å². The molecule has 1 unspecified atom stereocenters. The molecule has 0 aromatic rings. The van der Waals surface area contributed by atoms with Crippen molar-refractivity contribution < 1.29 is 19.5 Å². The maximum Gasteiger partial charge on any atom is 0.326 e. The molecule has 2 saturated heterocycles. The molecule has 2 aliphatic heterocycles. The van der Waals surface area contributed by atoms with Gasteiger partial charge in [-0.25, -0.2) is 4.79 Å². The van der Waals surface area contributed by atoms with Gasteiger partial charge in [-0.3, -0.25) is 9.59 Å². The summed E-state index contributed by atoms with van der Waals surface area (Å²) < 4.78 is 0. The minimum absolute atomic E-state index is 0.0177. The van der Waals surface area contributed by atoms with Crippen LogP contribution < -0.4 is 0 Å².